The smallest absolute Gasteiger partial charge is 0.154 e. The summed E-state index contributed by atoms with van der Waals surface area (Å²) in [6.45, 7) is 1.90. The van der Waals surface area contributed by atoms with Crippen LogP contribution in [0.3, 0.4) is 0 Å². The molecule has 0 unspecified atom stereocenters. The third kappa shape index (κ3) is 3.22. The van der Waals surface area contributed by atoms with E-state index in [2.05, 4.69) is 5.32 Å². The topological polar surface area (TPSA) is 86.6 Å². The number of hydrogen-bond acceptors (Lipinski definition) is 5. The van der Waals surface area contributed by atoms with Crippen LogP contribution >= 0.6 is 0 Å². The molecule has 1 aliphatic heterocycles. The molecule has 1 fully saturated rings. The zero-order valence-electron chi connectivity index (χ0n) is 7.47. The van der Waals surface area contributed by atoms with Crippen molar-refractivity contribution >= 4 is 9.84 Å². The Bertz CT molecular complexity index is 262. The van der Waals surface area contributed by atoms with Gasteiger partial charge in [-0.3, -0.25) is 0 Å². The maximum atomic E-state index is 11.0. The van der Waals surface area contributed by atoms with Crippen molar-refractivity contribution in [1.29, 1.82) is 0 Å². The van der Waals surface area contributed by atoms with Crippen molar-refractivity contribution in [2.75, 3.05) is 18.1 Å². The molecule has 3 atom stereocenters. The van der Waals surface area contributed by atoms with Gasteiger partial charge in [0.25, 0.3) is 0 Å². The molecular weight excluding hydrogens is 194 g/mol. The number of aliphatic hydroxyl groups is 2. The Hall–Kier alpha value is -0.170. The maximum absolute atomic E-state index is 11.0. The zero-order chi connectivity index (χ0) is 10.1. The van der Waals surface area contributed by atoms with Gasteiger partial charge in [-0.25, -0.2) is 8.42 Å². The molecule has 0 spiro atoms. The van der Waals surface area contributed by atoms with Gasteiger partial charge in [0.1, 0.15) is 0 Å². The lowest BCUT2D eigenvalue weighted by atomic mass is 10.2. The molecular formula is C7H15NO4S. The van der Waals surface area contributed by atoms with Crippen LogP contribution in [0.5, 0.6) is 0 Å². The van der Waals surface area contributed by atoms with Crippen LogP contribution in [-0.4, -0.2) is 54.9 Å². The summed E-state index contributed by atoms with van der Waals surface area (Å²) >= 11 is 0. The highest BCUT2D eigenvalue weighted by molar-refractivity contribution is 7.91. The summed E-state index contributed by atoms with van der Waals surface area (Å²) < 4.78 is 22.1. The molecule has 1 aliphatic rings. The Morgan fingerprint density at radius 2 is 2.15 bits per heavy atom. The van der Waals surface area contributed by atoms with Gasteiger partial charge in [0.15, 0.2) is 9.84 Å². The maximum Gasteiger partial charge on any atom is 0.154 e. The van der Waals surface area contributed by atoms with Crippen molar-refractivity contribution in [2.24, 2.45) is 0 Å². The molecule has 0 saturated carbocycles. The second kappa shape index (κ2) is 3.91. The van der Waals surface area contributed by atoms with Gasteiger partial charge >= 0.3 is 0 Å². The van der Waals surface area contributed by atoms with Gasteiger partial charge in [0.05, 0.1) is 23.7 Å². The van der Waals surface area contributed by atoms with E-state index in [-0.39, 0.29) is 11.5 Å². The molecule has 3 N–H and O–H groups in total. The van der Waals surface area contributed by atoms with E-state index in [0.717, 1.165) is 0 Å². The Morgan fingerprint density at radius 3 is 2.54 bits per heavy atom. The summed E-state index contributed by atoms with van der Waals surface area (Å²) in [6.07, 6.45) is -1.38. The molecule has 0 amide bonds. The standard InChI is InChI=1S/C7H15NO4S/c1-5(9)2-8-6-3-13(11,12)4-7(6)10/h5-10H,2-4H2,1H3/t5-,6+,7+/m1/s1. The quantitative estimate of drug-likeness (QED) is 0.506. The molecule has 1 heterocycles. The summed E-state index contributed by atoms with van der Waals surface area (Å²) in [5, 5.41) is 21.1. The van der Waals surface area contributed by atoms with Crippen molar-refractivity contribution < 1.29 is 18.6 Å². The Morgan fingerprint density at radius 1 is 1.54 bits per heavy atom. The van der Waals surface area contributed by atoms with E-state index < -0.39 is 28.1 Å². The minimum absolute atomic E-state index is 0.0408. The first-order valence-electron chi connectivity index (χ1n) is 4.20. The van der Waals surface area contributed by atoms with Crippen LogP contribution in [0.2, 0.25) is 0 Å². The monoisotopic (exact) mass is 209 g/mol. The first-order chi connectivity index (χ1) is 5.91. The molecule has 0 radical (unpaired) electrons. The third-order valence-electron chi connectivity index (χ3n) is 2.00. The largest absolute Gasteiger partial charge is 0.392 e. The number of nitrogens with one attached hydrogen (secondary N) is 1. The minimum atomic E-state index is -3.09. The Labute approximate surface area is 77.7 Å². The molecule has 78 valence electrons. The summed E-state index contributed by atoms with van der Waals surface area (Å²) in [4.78, 5) is 0. The summed E-state index contributed by atoms with van der Waals surface area (Å²) in [5.41, 5.74) is 0. The fourth-order valence-electron chi connectivity index (χ4n) is 1.35. The highest BCUT2D eigenvalue weighted by atomic mass is 32.2. The lowest BCUT2D eigenvalue weighted by molar-refractivity contribution is 0.143. The van der Waals surface area contributed by atoms with Crippen molar-refractivity contribution in [3.63, 3.8) is 0 Å². The molecule has 13 heavy (non-hydrogen) atoms. The highest BCUT2D eigenvalue weighted by Gasteiger charge is 2.35. The lowest BCUT2D eigenvalue weighted by Crippen LogP contribution is -2.42. The minimum Gasteiger partial charge on any atom is -0.392 e. The van der Waals surface area contributed by atoms with E-state index in [9.17, 15) is 13.5 Å². The van der Waals surface area contributed by atoms with Crippen LogP contribution in [0.4, 0.5) is 0 Å². The SMILES string of the molecule is C[C@@H](O)CN[C@H]1CS(=O)(=O)C[C@@H]1O. The van der Waals surface area contributed by atoms with Crippen LogP contribution in [0, 0.1) is 0 Å². The van der Waals surface area contributed by atoms with Crippen molar-refractivity contribution in [2.45, 2.75) is 25.2 Å². The van der Waals surface area contributed by atoms with Gasteiger partial charge in [-0.05, 0) is 6.92 Å². The molecule has 6 heteroatoms. The van der Waals surface area contributed by atoms with Gasteiger partial charge in [-0.1, -0.05) is 0 Å². The Balaban J connectivity index is 2.44. The normalized spacial score (nSPS) is 34.7. The van der Waals surface area contributed by atoms with E-state index in [1.165, 1.54) is 0 Å². The van der Waals surface area contributed by atoms with Crippen molar-refractivity contribution in [1.82, 2.24) is 5.32 Å². The predicted octanol–water partition coefficient (Wildman–Crippen LogP) is -1.89. The molecule has 1 saturated heterocycles. The summed E-state index contributed by atoms with van der Waals surface area (Å²) in [6, 6.07) is -0.431. The van der Waals surface area contributed by atoms with Gasteiger partial charge in [-0.15, -0.1) is 0 Å². The summed E-state index contributed by atoms with van der Waals surface area (Å²) in [5.74, 6) is -0.217. The predicted molar refractivity (Wildman–Crippen MR) is 48.1 cm³/mol. The van der Waals surface area contributed by atoms with Crippen molar-refractivity contribution in [3.05, 3.63) is 0 Å². The molecule has 0 aliphatic carbocycles. The number of rotatable bonds is 3. The van der Waals surface area contributed by atoms with Crippen LogP contribution in [0.1, 0.15) is 6.92 Å². The van der Waals surface area contributed by atoms with E-state index in [0.29, 0.717) is 6.54 Å². The van der Waals surface area contributed by atoms with Crippen LogP contribution in [0.25, 0.3) is 0 Å². The molecule has 0 aromatic carbocycles. The van der Waals surface area contributed by atoms with Crippen LogP contribution < -0.4 is 5.32 Å². The molecule has 0 aromatic heterocycles. The van der Waals surface area contributed by atoms with Gasteiger partial charge in [-0.2, -0.15) is 0 Å². The Kier molecular flexibility index (Phi) is 3.28. The van der Waals surface area contributed by atoms with Crippen LogP contribution in [-0.2, 0) is 9.84 Å². The number of hydrogen-bond donors (Lipinski definition) is 3. The van der Waals surface area contributed by atoms with Gasteiger partial charge < -0.3 is 15.5 Å². The fraction of sp³-hybridized carbons (Fsp3) is 1.00. The molecule has 0 aromatic rings. The van der Waals surface area contributed by atoms with Gasteiger partial charge in [0.2, 0.25) is 0 Å². The van der Waals surface area contributed by atoms with E-state index in [4.69, 9.17) is 5.11 Å². The lowest BCUT2D eigenvalue weighted by Gasteiger charge is -2.15. The van der Waals surface area contributed by atoms with Gasteiger partial charge in [0, 0.05) is 12.6 Å². The highest BCUT2D eigenvalue weighted by Crippen LogP contribution is 2.12. The molecule has 5 nitrogen and oxygen atoms in total. The molecule has 1 rings (SSSR count). The fourth-order valence-corrected chi connectivity index (χ4v) is 3.12. The average molecular weight is 209 g/mol. The number of aliphatic hydroxyl groups excluding tert-OH is 2. The first-order valence-corrected chi connectivity index (χ1v) is 6.03. The average Bonchev–Trinajstić information content (AvgIpc) is 2.20. The first kappa shape index (κ1) is 10.9. The second-order valence-corrected chi connectivity index (χ2v) is 5.66. The summed E-state index contributed by atoms with van der Waals surface area (Å²) in [7, 11) is -3.09. The van der Waals surface area contributed by atoms with Crippen LogP contribution in [0.15, 0.2) is 0 Å². The van der Waals surface area contributed by atoms with E-state index in [1.54, 1.807) is 6.92 Å². The molecule has 0 bridgehead atoms. The van der Waals surface area contributed by atoms with E-state index >= 15 is 0 Å². The van der Waals surface area contributed by atoms with E-state index in [1.807, 2.05) is 0 Å². The van der Waals surface area contributed by atoms with Crippen molar-refractivity contribution in [3.8, 4) is 0 Å². The number of sulfone groups is 1. The zero-order valence-corrected chi connectivity index (χ0v) is 8.29. The second-order valence-electron chi connectivity index (χ2n) is 3.51. The third-order valence-corrected chi connectivity index (χ3v) is 3.71.